The predicted molar refractivity (Wildman–Crippen MR) is 73.7 cm³/mol. The molecule has 2 nitrogen and oxygen atoms in total. The van der Waals surface area contributed by atoms with Gasteiger partial charge in [0.15, 0.2) is 0 Å². The zero-order valence-electron chi connectivity index (χ0n) is 10.5. The lowest BCUT2D eigenvalue weighted by atomic mass is 10.2. The van der Waals surface area contributed by atoms with Crippen LogP contribution in [0.4, 0.5) is 4.39 Å². The largest absolute Gasteiger partial charge is 0.297 e. The number of aromatic nitrogens is 2. The molecule has 94 valence electrons. The highest BCUT2D eigenvalue weighted by Crippen LogP contribution is 2.23. The lowest BCUT2D eigenvalue weighted by molar-refractivity contribution is 0.628. The molecule has 0 amide bonds. The van der Waals surface area contributed by atoms with Gasteiger partial charge in [0.2, 0.25) is 0 Å². The summed E-state index contributed by atoms with van der Waals surface area (Å²) in [5.74, 6) is 0.585. The highest BCUT2D eigenvalue weighted by Gasteiger charge is 2.10. The summed E-state index contributed by atoms with van der Waals surface area (Å²) >= 11 is 0. The molecule has 0 radical (unpaired) electrons. The topological polar surface area (TPSA) is 17.8 Å². The molecule has 0 saturated heterocycles. The Balaban J connectivity index is 2.16. The number of para-hydroxylation sites is 1. The van der Waals surface area contributed by atoms with Crippen LogP contribution in [-0.4, -0.2) is 9.55 Å². The van der Waals surface area contributed by atoms with Gasteiger partial charge >= 0.3 is 0 Å². The van der Waals surface area contributed by atoms with Crippen LogP contribution < -0.4 is 0 Å². The Hall–Kier alpha value is -2.42. The van der Waals surface area contributed by atoms with E-state index in [0.29, 0.717) is 0 Å². The Morgan fingerprint density at radius 2 is 1.63 bits per heavy atom. The van der Waals surface area contributed by atoms with Crippen LogP contribution in [0.2, 0.25) is 0 Å². The summed E-state index contributed by atoms with van der Waals surface area (Å²) in [5, 5.41) is 0. The summed E-state index contributed by atoms with van der Waals surface area (Å²) in [4.78, 5) is 4.43. The molecule has 0 fully saturated rings. The van der Waals surface area contributed by atoms with E-state index >= 15 is 0 Å². The van der Waals surface area contributed by atoms with Crippen molar-refractivity contribution in [3.8, 4) is 17.1 Å². The molecule has 0 bridgehead atoms. The van der Waals surface area contributed by atoms with Crippen molar-refractivity contribution in [3.05, 3.63) is 72.3 Å². The van der Waals surface area contributed by atoms with Crippen molar-refractivity contribution >= 4 is 0 Å². The van der Waals surface area contributed by atoms with Crippen LogP contribution in [0.1, 0.15) is 5.69 Å². The molecule has 3 aromatic rings. The van der Waals surface area contributed by atoms with Crippen molar-refractivity contribution < 1.29 is 4.39 Å². The van der Waals surface area contributed by atoms with E-state index in [1.807, 2.05) is 43.5 Å². The molecule has 0 saturated carbocycles. The third-order valence-corrected chi connectivity index (χ3v) is 3.05. The minimum absolute atomic E-state index is 0.238. The highest BCUT2D eigenvalue weighted by atomic mass is 19.1. The standard InChI is InChI=1S/C16H13FN2/c1-12-11-18-16(13-7-9-14(17)10-8-13)19(12)15-5-3-2-4-6-15/h2-11H,1H3. The molecular formula is C16H13FN2. The Morgan fingerprint density at radius 1 is 0.947 bits per heavy atom. The van der Waals surface area contributed by atoms with E-state index in [1.165, 1.54) is 12.1 Å². The van der Waals surface area contributed by atoms with Gasteiger partial charge in [0, 0.05) is 23.1 Å². The minimum atomic E-state index is -0.238. The fraction of sp³-hybridized carbons (Fsp3) is 0.0625. The molecule has 0 aliphatic carbocycles. The third-order valence-electron chi connectivity index (χ3n) is 3.05. The number of aryl methyl sites for hydroxylation is 1. The van der Waals surface area contributed by atoms with Gasteiger partial charge < -0.3 is 0 Å². The average molecular weight is 252 g/mol. The molecule has 3 rings (SSSR count). The molecule has 0 N–H and O–H groups in total. The molecule has 0 atom stereocenters. The lowest BCUT2D eigenvalue weighted by Gasteiger charge is -2.10. The van der Waals surface area contributed by atoms with Gasteiger partial charge in [-0.3, -0.25) is 4.57 Å². The van der Waals surface area contributed by atoms with Crippen LogP contribution in [0, 0.1) is 12.7 Å². The Labute approximate surface area is 111 Å². The average Bonchev–Trinajstić information content (AvgIpc) is 2.82. The second kappa shape index (κ2) is 4.69. The maximum Gasteiger partial charge on any atom is 0.144 e. The fourth-order valence-corrected chi connectivity index (χ4v) is 2.14. The number of halogens is 1. The van der Waals surface area contributed by atoms with Crippen molar-refractivity contribution in [2.24, 2.45) is 0 Å². The first kappa shape index (κ1) is 11.7. The Morgan fingerprint density at radius 3 is 2.32 bits per heavy atom. The number of rotatable bonds is 2. The van der Waals surface area contributed by atoms with Gasteiger partial charge in [-0.1, -0.05) is 18.2 Å². The van der Waals surface area contributed by atoms with Crippen LogP contribution >= 0.6 is 0 Å². The van der Waals surface area contributed by atoms with Crippen molar-refractivity contribution in [1.29, 1.82) is 0 Å². The molecule has 19 heavy (non-hydrogen) atoms. The van der Waals surface area contributed by atoms with Gasteiger partial charge in [-0.2, -0.15) is 0 Å². The summed E-state index contributed by atoms with van der Waals surface area (Å²) < 4.78 is 15.1. The SMILES string of the molecule is Cc1cnc(-c2ccc(F)cc2)n1-c1ccccc1. The zero-order chi connectivity index (χ0) is 13.2. The third kappa shape index (κ3) is 2.15. The smallest absolute Gasteiger partial charge is 0.144 e. The van der Waals surface area contributed by atoms with E-state index in [2.05, 4.69) is 9.55 Å². The number of imidazole rings is 1. The number of hydrogen-bond acceptors (Lipinski definition) is 1. The molecule has 0 aliphatic rings. The van der Waals surface area contributed by atoms with Crippen LogP contribution in [0.25, 0.3) is 17.1 Å². The predicted octanol–water partition coefficient (Wildman–Crippen LogP) is 3.99. The number of nitrogens with zero attached hydrogens (tertiary/aromatic N) is 2. The van der Waals surface area contributed by atoms with Gasteiger partial charge in [0.25, 0.3) is 0 Å². The van der Waals surface area contributed by atoms with E-state index in [4.69, 9.17) is 0 Å². The molecule has 3 heteroatoms. The molecule has 0 aliphatic heterocycles. The first-order chi connectivity index (χ1) is 9.25. The van der Waals surface area contributed by atoms with Gasteiger partial charge in [-0.05, 0) is 43.3 Å². The summed E-state index contributed by atoms with van der Waals surface area (Å²) in [6.07, 6.45) is 1.83. The maximum absolute atomic E-state index is 13.0. The second-order valence-electron chi connectivity index (χ2n) is 4.40. The van der Waals surface area contributed by atoms with Crippen LogP contribution in [0.5, 0.6) is 0 Å². The molecule has 2 aromatic carbocycles. The highest BCUT2D eigenvalue weighted by molar-refractivity contribution is 5.59. The Kier molecular flexibility index (Phi) is 2.88. The first-order valence-electron chi connectivity index (χ1n) is 6.11. The quantitative estimate of drug-likeness (QED) is 0.674. The normalized spacial score (nSPS) is 10.6. The van der Waals surface area contributed by atoms with E-state index in [9.17, 15) is 4.39 Å². The minimum Gasteiger partial charge on any atom is -0.297 e. The molecule has 0 spiro atoms. The van der Waals surface area contributed by atoms with Crippen LogP contribution in [0.15, 0.2) is 60.8 Å². The summed E-state index contributed by atoms with van der Waals surface area (Å²) in [6.45, 7) is 2.01. The van der Waals surface area contributed by atoms with Crippen molar-refractivity contribution in [2.75, 3.05) is 0 Å². The van der Waals surface area contributed by atoms with E-state index in [1.54, 1.807) is 12.1 Å². The second-order valence-corrected chi connectivity index (χ2v) is 4.40. The molecule has 1 aromatic heterocycles. The van der Waals surface area contributed by atoms with Crippen molar-refractivity contribution in [2.45, 2.75) is 6.92 Å². The molecule has 0 unspecified atom stereocenters. The van der Waals surface area contributed by atoms with Gasteiger partial charge in [0.05, 0.1) is 0 Å². The zero-order valence-corrected chi connectivity index (χ0v) is 10.5. The van der Waals surface area contributed by atoms with E-state index in [-0.39, 0.29) is 5.82 Å². The monoisotopic (exact) mass is 252 g/mol. The number of hydrogen-bond donors (Lipinski definition) is 0. The van der Waals surface area contributed by atoms with Crippen LogP contribution in [0.3, 0.4) is 0 Å². The van der Waals surface area contributed by atoms with E-state index < -0.39 is 0 Å². The van der Waals surface area contributed by atoms with Gasteiger partial charge in [-0.15, -0.1) is 0 Å². The molecule has 1 heterocycles. The summed E-state index contributed by atoms with van der Waals surface area (Å²) in [5.41, 5.74) is 3.00. The van der Waals surface area contributed by atoms with E-state index in [0.717, 1.165) is 22.8 Å². The first-order valence-corrected chi connectivity index (χ1v) is 6.11. The summed E-state index contributed by atoms with van der Waals surface area (Å²) in [6, 6.07) is 16.4. The maximum atomic E-state index is 13.0. The van der Waals surface area contributed by atoms with Crippen molar-refractivity contribution in [1.82, 2.24) is 9.55 Å². The molecular weight excluding hydrogens is 239 g/mol. The summed E-state index contributed by atoms with van der Waals surface area (Å²) in [7, 11) is 0. The van der Waals surface area contributed by atoms with Gasteiger partial charge in [0.1, 0.15) is 11.6 Å². The fourth-order valence-electron chi connectivity index (χ4n) is 2.14. The number of benzene rings is 2. The van der Waals surface area contributed by atoms with Crippen LogP contribution in [-0.2, 0) is 0 Å². The van der Waals surface area contributed by atoms with Gasteiger partial charge in [-0.25, -0.2) is 9.37 Å². The lowest BCUT2D eigenvalue weighted by Crippen LogP contribution is -1.99. The Bertz CT molecular complexity index is 685. The van der Waals surface area contributed by atoms with Crippen molar-refractivity contribution in [3.63, 3.8) is 0 Å².